The van der Waals surface area contributed by atoms with Crippen molar-refractivity contribution in [1.29, 1.82) is 0 Å². The SMILES string of the molecule is CCC(=O)O[C@@]1(C(C)=O)CC[C@H]2[C@@H]3C=C(Cl)C4=CC(=O)C5CC5[C@@]4(C)[C@@H]3CC[C@@]21C. The Balaban J connectivity index is 1.58. The summed E-state index contributed by atoms with van der Waals surface area (Å²) in [6.45, 7) is 7.83. The van der Waals surface area contributed by atoms with E-state index in [1.54, 1.807) is 13.8 Å². The Morgan fingerprint density at radius 1 is 1.17 bits per heavy atom. The van der Waals surface area contributed by atoms with Crippen LogP contribution in [0.25, 0.3) is 0 Å². The Bertz CT molecular complexity index is 918. The van der Waals surface area contributed by atoms with E-state index in [1.807, 2.05) is 6.08 Å². The Hall–Kier alpha value is -1.42. The van der Waals surface area contributed by atoms with Crippen LogP contribution in [0.15, 0.2) is 22.8 Å². The maximum Gasteiger partial charge on any atom is 0.306 e. The van der Waals surface area contributed by atoms with E-state index in [0.29, 0.717) is 23.3 Å². The van der Waals surface area contributed by atoms with Crippen molar-refractivity contribution in [2.45, 2.75) is 71.8 Å². The second-order valence-corrected chi connectivity index (χ2v) is 11.1. The molecule has 3 saturated carbocycles. The molecule has 5 rings (SSSR count). The minimum absolute atomic E-state index is 0.0315. The van der Waals surface area contributed by atoms with Gasteiger partial charge >= 0.3 is 5.97 Å². The van der Waals surface area contributed by atoms with Crippen molar-refractivity contribution in [3.63, 3.8) is 0 Å². The highest BCUT2D eigenvalue weighted by Crippen LogP contribution is 2.72. The maximum atomic E-state index is 12.9. The molecular weight excluding hydrogens is 400 g/mol. The van der Waals surface area contributed by atoms with E-state index in [1.165, 1.54) is 0 Å². The molecule has 0 aromatic heterocycles. The van der Waals surface area contributed by atoms with Crippen molar-refractivity contribution in [3.05, 3.63) is 22.8 Å². The van der Waals surface area contributed by atoms with E-state index < -0.39 is 5.60 Å². The van der Waals surface area contributed by atoms with E-state index in [9.17, 15) is 14.4 Å². The van der Waals surface area contributed by atoms with Gasteiger partial charge in [0.05, 0.1) is 0 Å². The zero-order valence-corrected chi connectivity index (χ0v) is 19.1. The summed E-state index contributed by atoms with van der Waals surface area (Å²) >= 11 is 6.81. The summed E-state index contributed by atoms with van der Waals surface area (Å²) in [4.78, 5) is 37.6. The Labute approximate surface area is 183 Å². The quantitative estimate of drug-likeness (QED) is 0.591. The second-order valence-electron chi connectivity index (χ2n) is 10.7. The molecule has 0 aliphatic heterocycles. The number of Topliss-reactive ketones (excluding diaryl/α,β-unsaturated/α-hetero) is 1. The van der Waals surface area contributed by atoms with Gasteiger partial charge in [0.2, 0.25) is 0 Å². The topological polar surface area (TPSA) is 60.4 Å². The van der Waals surface area contributed by atoms with E-state index in [2.05, 4.69) is 19.9 Å². The van der Waals surface area contributed by atoms with Crippen molar-refractivity contribution < 1.29 is 19.1 Å². The van der Waals surface area contributed by atoms with E-state index >= 15 is 0 Å². The van der Waals surface area contributed by atoms with Crippen LogP contribution in [0.5, 0.6) is 0 Å². The van der Waals surface area contributed by atoms with Crippen molar-refractivity contribution >= 4 is 29.1 Å². The smallest absolute Gasteiger partial charge is 0.306 e. The number of esters is 1. The van der Waals surface area contributed by atoms with Crippen molar-refractivity contribution in [3.8, 4) is 0 Å². The summed E-state index contributed by atoms with van der Waals surface area (Å²) in [6, 6.07) is 0. The molecule has 3 fully saturated rings. The van der Waals surface area contributed by atoms with Crippen molar-refractivity contribution in [1.82, 2.24) is 0 Å². The number of hydrogen-bond donors (Lipinski definition) is 0. The molecule has 162 valence electrons. The van der Waals surface area contributed by atoms with Gasteiger partial charge in [0.1, 0.15) is 0 Å². The molecule has 5 aliphatic rings. The van der Waals surface area contributed by atoms with Gasteiger partial charge in [0.15, 0.2) is 17.2 Å². The third-order valence-electron chi connectivity index (χ3n) is 9.76. The van der Waals surface area contributed by atoms with Gasteiger partial charge in [-0.2, -0.15) is 0 Å². The minimum Gasteiger partial charge on any atom is -0.450 e. The predicted molar refractivity (Wildman–Crippen MR) is 114 cm³/mol. The number of halogens is 1. The van der Waals surface area contributed by atoms with Crippen LogP contribution in [-0.4, -0.2) is 23.1 Å². The van der Waals surface area contributed by atoms with Crippen LogP contribution < -0.4 is 0 Å². The highest BCUT2D eigenvalue weighted by Gasteiger charge is 2.70. The molecule has 8 atom stereocenters. The predicted octanol–water partition coefficient (Wildman–Crippen LogP) is 5.00. The minimum atomic E-state index is -1.03. The molecule has 0 amide bonds. The molecule has 0 bridgehead atoms. The lowest BCUT2D eigenvalue weighted by atomic mass is 9.47. The molecular formula is C25H31ClO4. The molecule has 0 heterocycles. The van der Waals surface area contributed by atoms with Gasteiger partial charge in [0.25, 0.3) is 0 Å². The van der Waals surface area contributed by atoms with Crippen LogP contribution >= 0.6 is 11.6 Å². The molecule has 0 aromatic rings. The Morgan fingerprint density at radius 2 is 1.87 bits per heavy atom. The summed E-state index contributed by atoms with van der Waals surface area (Å²) in [5, 5.41) is 0.715. The molecule has 0 radical (unpaired) electrons. The van der Waals surface area contributed by atoms with Gasteiger partial charge in [-0.05, 0) is 74.3 Å². The van der Waals surface area contributed by atoms with E-state index in [4.69, 9.17) is 16.3 Å². The van der Waals surface area contributed by atoms with Gasteiger partial charge < -0.3 is 4.74 Å². The lowest BCUT2D eigenvalue weighted by Gasteiger charge is -2.57. The van der Waals surface area contributed by atoms with Gasteiger partial charge in [-0.15, -0.1) is 0 Å². The van der Waals surface area contributed by atoms with Gasteiger partial charge in [-0.3, -0.25) is 14.4 Å². The first-order valence-corrected chi connectivity index (χ1v) is 11.8. The molecule has 30 heavy (non-hydrogen) atoms. The zero-order chi connectivity index (χ0) is 21.6. The first-order valence-electron chi connectivity index (χ1n) is 11.5. The average molecular weight is 431 g/mol. The normalized spacial score (nSPS) is 48.4. The first kappa shape index (κ1) is 20.5. The number of allylic oxidation sites excluding steroid dienone is 4. The molecule has 0 aromatic carbocycles. The summed E-state index contributed by atoms with van der Waals surface area (Å²) in [5.41, 5.74) is -0.454. The highest BCUT2D eigenvalue weighted by molar-refractivity contribution is 6.32. The van der Waals surface area contributed by atoms with E-state index in [-0.39, 0.29) is 52.5 Å². The third kappa shape index (κ3) is 2.32. The van der Waals surface area contributed by atoms with Crippen LogP contribution in [0.4, 0.5) is 0 Å². The fourth-order valence-electron chi connectivity index (χ4n) is 8.05. The number of hydrogen-bond acceptors (Lipinski definition) is 4. The fourth-order valence-corrected chi connectivity index (χ4v) is 8.45. The molecule has 5 heteroatoms. The molecule has 4 nitrogen and oxygen atoms in total. The highest BCUT2D eigenvalue weighted by atomic mass is 35.5. The van der Waals surface area contributed by atoms with Gasteiger partial charge in [0, 0.05) is 28.2 Å². The number of carbonyl (C=O) groups is 3. The standard InChI is InChI=1S/C25H31ClO4/c1-5-22(29)30-25(13(2)27)9-7-16-14-11-20(26)19-12-21(28)15-10-18(15)24(19,4)17(14)6-8-23(16,25)3/h11-12,14-18H,5-10H2,1-4H3/t14-,15?,16-,17+,18?,23-,24+,25+/m0/s1. The van der Waals surface area contributed by atoms with Crippen LogP contribution in [0.3, 0.4) is 0 Å². The fraction of sp³-hybridized carbons (Fsp3) is 0.720. The summed E-state index contributed by atoms with van der Waals surface area (Å²) in [5.74, 6) is 1.37. The number of ketones is 2. The van der Waals surface area contributed by atoms with Crippen molar-refractivity contribution in [2.24, 2.45) is 40.4 Å². The van der Waals surface area contributed by atoms with Crippen LogP contribution in [-0.2, 0) is 19.1 Å². The largest absolute Gasteiger partial charge is 0.450 e. The number of carbonyl (C=O) groups excluding carboxylic acids is 3. The van der Waals surface area contributed by atoms with Crippen LogP contribution in [0, 0.1) is 40.4 Å². The monoisotopic (exact) mass is 430 g/mol. The Morgan fingerprint density at radius 3 is 2.53 bits per heavy atom. The maximum absolute atomic E-state index is 12.9. The molecule has 2 unspecified atom stereocenters. The summed E-state index contributed by atoms with van der Waals surface area (Å²) in [6.07, 6.45) is 8.49. The zero-order valence-electron chi connectivity index (χ0n) is 18.3. The number of ether oxygens (including phenoxy) is 1. The van der Waals surface area contributed by atoms with Gasteiger partial charge in [-0.1, -0.05) is 38.4 Å². The second kappa shape index (κ2) is 6.31. The number of rotatable bonds is 3. The van der Waals surface area contributed by atoms with E-state index in [0.717, 1.165) is 31.3 Å². The third-order valence-corrected chi connectivity index (χ3v) is 10.1. The first-order chi connectivity index (χ1) is 14.1. The van der Waals surface area contributed by atoms with Crippen molar-refractivity contribution in [2.75, 3.05) is 0 Å². The lowest BCUT2D eigenvalue weighted by molar-refractivity contribution is -0.186. The Kier molecular flexibility index (Phi) is 4.31. The van der Waals surface area contributed by atoms with Crippen LogP contribution in [0.1, 0.15) is 66.2 Å². The van der Waals surface area contributed by atoms with Gasteiger partial charge in [-0.25, -0.2) is 0 Å². The number of fused-ring (bicyclic) bond motifs is 7. The lowest BCUT2D eigenvalue weighted by Crippen LogP contribution is -2.58. The van der Waals surface area contributed by atoms with Crippen LogP contribution in [0.2, 0.25) is 0 Å². The molecule has 0 N–H and O–H groups in total. The molecule has 5 aliphatic carbocycles. The molecule has 0 saturated heterocycles. The summed E-state index contributed by atoms with van der Waals surface area (Å²) < 4.78 is 5.97. The summed E-state index contributed by atoms with van der Waals surface area (Å²) in [7, 11) is 0. The molecule has 0 spiro atoms. The average Bonchev–Trinajstić information content (AvgIpc) is 3.45.